The third-order valence-corrected chi connectivity index (χ3v) is 4.07. The minimum absolute atomic E-state index is 0.0779. The summed E-state index contributed by atoms with van der Waals surface area (Å²) in [5, 5.41) is 0. The molecule has 0 aromatic heterocycles. The highest BCUT2D eigenvalue weighted by Gasteiger charge is 2.10. The average Bonchev–Trinajstić information content (AvgIpc) is 2.68. The molecule has 4 heteroatoms. The van der Waals surface area contributed by atoms with Gasteiger partial charge in [0.05, 0.1) is 5.56 Å². The number of rotatable bonds is 6. The monoisotopic (exact) mass is 360 g/mol. The van der Waals surface area contributed by atoms with Gasteiger partial charge in [0.15, 0.2) is 5.78 Å². The van der Waals surface area contributed by atoms with Gasteiger partial charge in [-0.25, -0.2) is 4.79 Å². The zero-order chi connectivity index (χ0) is 19.2. The Morgan fingerprint density at radius 3 is 2.19 bits per heavy atom. The van der Waals surface area contributed by atoms with Crippen molar-refractivity contribution in [3.8, 4) is 11.5 Å². The van der Waals surface area contributed by atoms with Crippen molar-refractivity contribution in [2.45, 2.75) is 20.5 Å². The number of hydrogen-bond donors (Lipinski definition) is 0. The first-order chi connectivity index (χ1) is 13.0. The Hall–Kier alpha value is -3.40. The number of esters is 1. The predicted octanol–water partition coefficient (Wildman–Crippen LogP) is 5.00. The Morgan fingerprint density at radius 2 is 1.52 bits per heavy atom. The van der Waals surface area contributed by atoms with Crippen LogP contribution in [0.25, 0.3) is 0 Å². The largest absolute Gasteiger partial charge is 0.489 e. The van der Waals surface area contributed by atoms with Gasteiger partial charge in [0.1, 0.15) is 18.1 Å². The normalized spacial score (nSPS) is 10.3. The number of ether oxygens (including phenoxy) is 2. The first-order valence-corrected chi connectivity index (χ1v) is 8.63. The third kappa shape index (κ3) is 5.05. The molecule has 3 aromatic carbocycles. The van der Waals surface area contributed by atoms with Crippen molar-refractivity contribution in [1.29, 1.82) is 0 Å². The molecule has 0 radical (unpaired) electrons. The zero-order valence-corrected chi connectivity index (χ0v) is 15.3. The second-order valence-corrected chi connectivity index (χ2v) is 6.27. The van der Waals surface area contributed by atoms with Crippen LogP contribution in [-0.4, -0.2) is 11.8 Å². The molecule has 27 heavy (non-hydrogen) atoms. The fraction of sp³-hybridized carbons (Fsp3) is 0.130. The lowest BCUT2D eigenvalue weighted by atomic mass is 10.1. The van der Waals surface area contributed by atoms with Crippen LogP contribution in [0.3, 0.4) is 0 Å². The number of carbonyl (C=O) groups is 2. The number of hydrogen-bond acceptors (Lipinski definition) is 4. The van der Waals surface area contributed by atoms with E-state index in [4.69, 9.17) is 9.47 Å². The summed E-state index contributed by atoms with van der Waals surface area (Å²) in [4.78, 5) is 23.7. The van der Waals surface area contributed by atoms with Crippen LogP contribution < -0.4 is 9.47 Å². The molecule has 0 N–H and O–H groups in total. The van der Waals surface area contributed by atoms with E-state index in [1.807, 2.05) is 43.3 Å². The fourth-order valence-electron chi connectivity index (χ4n) is 2.48. The minimum Gasteiger partial charge on any atom is -0.489 e. The molecule has 136 valence electrons. The Balaban J connectivity index is 1.60. The maximum absolute atomic E-state index is 12.3. The maximum Gasteiger partial charge on any atom is 0.343 e. The van der Waals surface area contributed by atoms with Gasteiger partial charge in [-0.05, 0) is 55.8 Å². The van der Waals surface area contributed by atoms with Gasteiger partial charge in [0.2, 0.25) is 0 Å². The predicted molar refractivity (Wildman–Crippen MR) is 103 cm³/mol. The van der Waals surface area contributed by atoms with Crippen molar-refractivity contribution in [2.75, 3.05) is 0 Å². The highest BCUT2D eigenvalue weighted by Crippen LogP contribution is 2.17. The summed E-state index contributed by atoms with van der Waals surface area (Å²) < 4.78 is 11.1. The Labute approximate surface area is 158 Å². The van der Waals surface area contributed by atoms with E-state index in [2.05, 4.69) is 0 Å². The summed E-state index contributed by atoms with van der Waals surface area (Å²) in [5.41, 5.74) is 3.07. The van der Waals surface area contributed by atoms with E-state index >= 15 is 0 Å². The van der Waals surface area contributed by atoms with E-state index in [9.17, 15) is 9.59 Å². The molecule has 3 rings (SSSR count). The topological polar surface area (TPSA) is 52.6 Å². The van der Waals surface area contributed by atoms with Crippen molar-refractivity contribution < 1.29 is 19.1 Å². The lowest BCUT2D eigenvalue weighted by molar-refractivity contribution is 0.0733. The van der Waals surface area contributed by atoms with E-state index in [0.29, 0.717) is 23.5 Å². The van der Waals surface area contributed by atoms with Crippen molar-refractivity contribution in [2.24, 2.45) is 0 Å². The van der Waals surface area contributed by atoms with Gasteiger partial charge in [-0.1, -0.05) is 42.0 Å². The summed E-state index contributed by atoms with van der Waals surface area (Å²) in [6.07, 6.45) is 0. The van der Waals surface area contributed by atoms with Gasteiger partial charge >= 0.3 is 5.97 Å². The molecule has 0 aliphatic rings. The van der Waals surface area contributed by atoms with Crippen LogP contribution >= 0.6 is 0 Å². The minimum atomic E-state index is -0.471. The lowest BCUT2D eigenvalue weighted by Gasteiger charge is -2.08. The SMILES string of the molecule is CC(=O)c1cccc(OC(=O)c2ccc(COc3ccc(C)cc3)cc2)c1. The number of aryl methyl sites for hydroxylation is 1. The second kappa shape index (κ2) is 8.32. The summed E-state index contributed by atoms with van der Waals surface area (Å²) in [6.45, 7) is 3.91. The molecule has 3 aromatic rings. The lowest BCUT2D eigenvalue weighted by Crippen LogP contribution is -2.09. The molecular formula is C23H20O4. The second-order valence-electron chi connectivity index (χ2n) is 6.27. The van der Waals surface area contributed by atoms with Gasteiger partial charge < -0.3 is 9.47 Å². The van der Waals surface area contributed by atoms with E-state index in [1.165, 1.54) is 12.5 Å². The quantitative estimate of drug-likeness (QED) is 0.353. The standard InChI is InChI=1S/C23H20O4/c1-16-6-12-21(13-7-16)26-15-18-8-10-19(11-9-18)23(25)27-22-5-3-4-20(14-22)17(2)24/h3-14H,15H2,1-2H3. The molecule has 0 atom stereocenters. The maximum atomic E-state index is 12.3. The Morgan fingerprint density at radius 1 is 0.815 bits per heavy atom. The molecule has 0 saturated carbocycles. The number of carbonyl (C=O) groups excluding carboxylic acids is 2. The van der Waals surface area contributed by atoms with E-state index in [0.717, 1.165) is 11.3 Å². The highest BCUT2D eigenvalue weighted by molar-refractivity contribution is 5.95. The van der Waals surface area contributed by atoms with Gasteiger partial charge in [0, 0.05) is 5.56 Å². The highest BCUT2D eigenvalue weighted by atomic mass is 16.5. The van der Waals surface area contributed by atoms with Crippen molar-refractivity contribution >= 4 is 11.8 Å². The molecule has 0 fully saturated rings. The van der Waals surface area contributed by atoms with Crippen molar-refractivity contribution in [3.63, 3.8) is 0 Å². The summed E-state index contributed by atoms with van der Waals surface area (Å²) in [6, 6.07) is 21.5. The van der Waals surface area contributed by atoms with Gasteiger partial charge in [0.25, 0.3) is 0 Å². The zero-order valence-electron chi connectivity index (χ0n) is 15.3. The Bertz CT molecular complexity index is 941. The molecule has 0 aliphatic carbocycles. The van der Waals surface area contributed by atoms with E-state index in [-0.39, 0.29) is 5.78 Å². The smallest absolute Gasteiger partial charge is 0.343 e. The van der Waals surface area contributed by atoms with Crippen LogP contribution in [0.4, 0.5) is 0 Å². The van der Waals surface area contributed by atoms with Crippen LogP contribution in [0.1, 0.15) is 38.8 Å². The average molecular weight is 360 g/mol. The van der Waals surface area contributed by atoms with E-state index in [1.54, 1.807) is 36.4 Å². The number of benzene rings is 3. The van der Waals surface area contributed by atoms with Crippen LogP contribution in [0.5, 0.6) is 11.5 Å². The molecule has 4 nitrogen and oxygen atoms in total. The van der Waals surface area contributed by atoms with Crippen LogP contribution in [0, 0.1) is 6.92 Å². The van der Waals surface area contributed by atoms with E-state index < -0.39 is 5.97 Å². The molecule has 0 heterocycles. The molecule has 0 amide bonds. The fourth-order valence-corrected chi connectivity index (χ4v) is 2.48. The van der Waals surface area contributed by atoms with Crippen molar-refractivity contribution in [1.82, 2.24) is 0 Å². The number of Topliss-reactive ketones (excluding diaryl/α,β-unsaturated/α-hetero) is 1. The van der Waals surface area contributed by atoms with Gasteiger partial charge in [-0.3, -0.25) is 4.79 Å². The van der Waals surface area contributed by atoms with Crippen LogP contribution in [-0.2, 0) is 6.61 Å². The first kappa shape index (κ1) is 18.4. The Kier molecular flexibility index (Phi) is 5.67. The first-order valence-electron chi connectivity index (χ1n) is 8.63. The van der Waals surface area contributed by atoms with Gasteiger partial charge in [-0.15, -0.1) is 0 Å². The summed E-state index contributed by atoms with van der Waals surface area (Å²) >= 11 is 0. The molecule has 0 bridgehead atoms. The molecule has 0 saturated heterocycles. The van der Waals surface area contributed by atoms with Crippen LogP contribution in [0.15, 0.2) is 72.8 Å². The molecular weight excluding hydrogens is 340 g/mol. The van der Waals surface area contributed by atoms with Crippen molar-refractivity contribution in [3.05, 3.63) is 95.1 Å². The summed E-state index contributed by atoms with van der Waals surface area (Å²) in [5.74, 6) is 0.599. The summed E-state index contributed by atoms with van der Waals surface area (Å²) in [7, 11) is 0. The van der Waals surface area contributed by atoms with Crippen LogP contribution in [0.2, 0.25) is 0 Å². The van der Waals surface area contributed by atoms with Gasteiger partial charge in [-0.2, -0.15) is 0 Å². The number of ketones is 1. The molecule has 0 aliphatic heterocycles. The third-order valence-electron chi connectivity index (χ3n) is 4.07. The molecule has 0 unspecified atom stereocenters. The molecule has 0 spiro atoms.